The quantitative estimate of drug-likeness (QED) is 0.755. The average molecular weight is 405 g/mol. The van der Waals surface area contributed by atoms with Crippen LogP contribution in [0.3, 0.4) is 0 Å². The maximum atomic E-state index is 13.4. The molecule has 0 aliphatic heterocycles. The predicted octanol–water partition coefficient (Wildman–Crippen LogP) is 3.81. The van der Waals surface area contributed by atoms with Gasteiger partial charge in [0.15, 0.2) is 5.60 Å². The Bertz CT molecular complexity index is 718. The molecule has 1 aliphatic rings. The number of ether oxygens (including phenoxy) is 2. The van der Waals surface area contributed by atoms with E-state index < -0.39 is 23.3 Å². The molecule has 0 radical (unpaired) electrons. The molecule has 7 nitrogen and oxygen atoms in total. The lowest BCUT2D eigenvalue weighted by Gasteiger charge is -2.41. The predicted molar refractivity (Wildman–Crippen MR) is 111 cm³/mol. The highest BCUT2D eigenvalue weighted by Gasteiger charge is 2.47. The first-order valence-corrected chi connectivity index (χ1v) is 10.1. The fourth-order valence-corrected chi connectivity index (χ4v) is 3.63. The van der Waals surface area contributed by atoms with E-state index in [-0.39, 0.29) is 11.9 Å². The van der Waals surface area contributed by atoms with Gasteiger partial charge in [0.05, 0.1) is 0 Å². The molecule has 1 N–H and O–H groups in total. The summed E-state index contributed by atoms with van der Waals surface area (Å²) in [7, 11) is 0. The van der Waals surface area contributed by atoms with Crippen LogP contribution in [0.4, 0.5) is 10.5 Å². The fraction of sp³-hybridized carbons (Fsp3) is 0.591. The normalized spacial score (nSPS) is 21.8. The standard InChI is InChI=1S/C22H32N2O5/c1-6-24(18-10-8-7-9-11-18)19(26)22(28-16(2)25)14-12-17(13-15-22)23-20(27)29-21(3,4)5/h7-11,17H,6,12-15H2,1-5H3,(H,23,27). The van der Waals surface area contributed by atoms with Gasteiger partial charge in [0, 0.05) is 25.2 Å². The molecule has 1 aromatic carbocycles. The Hall–Kier alpha value is -2.57. The molecule has 7 heteroatoms. The number of hydrogen-bond donors (Lipinski definition) is 1. The zero-order chi connectivity index (χ0) is 21.7. The van der Waals surface area contributed by atoms with Crippen LogP contribution < -0.4 is 10.2 Å². The molecule has 0 atom stereocenters. The van der Waals surface area contributed by atoms with Gasteiger partial charge >= 0.3 is 12.1 Å². The summed E-state index contributed by atoms with van der Waals surface area (Å²) in [6, 6.07) is 9.21. The molecular weight excluding hydrogens is 372 g/mol. The van der Waals surface area contributed by atoms with Crippen LogP contribution in [-0.4, -0.2) is 41.8 Å². The van der Waals surface area contributed by atoms with Crippen LogP contribution in [0.1, 0.15) is 60.3 Å². The number of nitrogens with zero attached hydrogens (tertiary/aromatic N) is 1. The van der Waals surface area contributed by atoms with E-state index in [1.165, 1.54) is 6.92 Å². The highest BCUT2D eigenvalue weighted by Crippen LogP contribution is 2.35. The fourth-order valence-electron chi connectivity index (χ4n) is 3.63. The second-order valence-corrected chi connectivity index (χ2v) is 8.39. The van der Waals surface area contributed by atoms with Gasteiger partial charge in [-0.15, -0.1) is 0 Å². The molecule has 160 valence electrons. The van der Waals surface area contributed by atoms with Gasteiger partial charge in [0.25, 0.3) is 5.91 Å². The van der Waals surface area contributed by atoms with Gasteiger partial charge < -0.3 is 19.7 Å². The largest absolute Gasteiger partial charge is 0.449 e. The Morgan fingerprint density at radius 2 is 1.72 bits per heavy atom. The number of hydrogen-bond acceptors (Lipinski definition) is 5. The minimum atomic E-state index is -1.22. The number of benzene rings is 1. The van der Waals surface area contributed by atoms with Crippen molar-refractivity contribution in [2.24, 2.45) is 0 Å². The summed E-state index contributed by atoms with van der Waals surface area (Å²) in [5.74, 6) is -0.710. The summed E-state index contributed by atoms with van der Waals surface area (Å²) < 4.78 is 10.9. The lowest BCUT2D eigenvalue weighted by molar-refractivity contribution is -0.169. The maximum Gasteiger partial charge on any atom is 0.407 e. The summed E-state index contributed by atoms with van der Waals surface area (Å²) >= 11 is 0. The van der Waals surface area contributed by atoms with E-state index in [4.69, 9.17) is 9.47 Å². The molecule has 0 spiro atoms. The maximum absolute atomic E-state index is 13.4. The van der Waals surface area contributed by atoms with Crippen molar-refractivity contribution >= 4 is 23.7 Å². The van der Waals surface area contributed by atoms with Crippen molar-refractivity contribution in [3.05, 3.63) is 30.3 Å². The van der Waals surface area contributed by atoms with Crippen molar-refractivity contribution in [3.63, 3.8) is 0 Å². The molecule has 29 heavy (non-hydrogen) atoms. The first-order chi connectivity index (χ1) is 13.6. The van der Waals surface area contributed by atoms with E-state index in [0.717, 1.165) is 5.69 Å². The number of anilines is 1. The Balaban J connectivity index is 2.13. The van der Waals surface area contributed by atoms with Gasteiger partial charge in [-0.05, 0) is 65.5 Å². The molecule has 0 unspecified atom stereocenters. The monoisotopic (exact) mass is 404 g/mol. The van der Waals surface area contributed by atoms with E-state index >= 15 is 0 Å². The number of nitrogens with one attached hydrogen (secondary N) is 1. The number of esters is 1. The van der Waals surface area contributed by atoms with Crippen molar-refractivity contribution in [1.82, 2.24) is 5.32 Å². The third kappa shape index (κ3) is 6.21. The number of carbonyl (C=O) groups excluding carboxylic acids is 3. The van der Waals surface area contributed by atoms with Crippen molar-refractivity contribution < 1.29 is 23.9 Å². The van der Waals surface area contributed by atoms with Gasteiger partial charge in [-0.25, -0.2) is 4.79 Å². The van der Waals surface area contributed by atoms with E-state index in [9.17, 15) is 14.4 Å². The van der Waals surface area contributed by atoms with Crippen molar-refractivity contribution in [2.45, 2.75) is 77.5 Å². The zero-order valence-corrected chi connectivity index (χ0v) is 18.0. The van der Waals surface area contributed by atoms with Gasteiger partial charge in [-0.3, -0.25) is 9.59 Å². The number of rotatable bonds is 5. The first-order valence-electron chi connectivity index (χ1n) is 10.1. The summed E-state index contributed by atoms with van der Waals surface area (Å²) in [6.45, 7) is 9.09. The van der Waals surface area contributed by atoms with Crippen LogP contribution in [0, 0.1) is 0 Å². The lowest BCUT2D eigenvalue weighted by Crippen LogP contribution is -2.55. The number of amides is 2. The van der Waals surface area contributed by atoms with E-state index in [2.05, 4.69) is 5.32 Å². The van der Waals surface area contributed by atoms with Gasteiger partial charge in [-0.1, -0.05) is 18.2 Å². The van der Waals surface area contributed by atoms with Crippen LogP contribution >= 0.6 is 0 Å². The third-order valence-electron chi connectivity index (χ3n) is 4.87. The number of carbonyl (C=O) groups is 3. The molecule has 0 bridgehead atoms. The molecule has 0 heterocycles. The molecule has 1 saturated carbocycles. The summed E-state index contributed by atoms with van der Waals surface area (Å²) in [6.07, 6.45) is 1.24. The molecule has 1 aromatic rings. The molecule has 1 fully saturated rings. The molecule has 0 saturated heterocycles. The highest BCUT2D eigenvalue weighted by atomic mass is 16.6. The Morgan fingerprint density at radius 3 is 2.21 bits per heavy atom. The van der Waals surface area contributed by atoms with Crippen molar-refractivity contribution in [2.75, 3.05) is 11.4 Å². The lowest BCUT2D eigenvalue weighted by atomic mass is 9.80. The van der Waals surface area contributed by atoms with E-state index in [1.54, 1.807) is 25.7 Å². The van der Waals surface area contributed by atoms with Crippen LogP contribution in [0.5, 0.6) is 0 Å². The Morgan fingerprint density at radius 1 is 1.14 bits per heavy atom. The summed E-state index contributed by atoms with van der Waals surface area (Å²) in [5, 5.41) is 2.85. The van der Waals surface area contributed by atoms with Crippen LogP contribution in [0.15, 0.2) is 30.3 Å². The van der Waals surface area contributed by atoms with Crippen LogP contribution in [0.2, 0.25) is 0 Å². The third-order valence-corrected chi connectivity index (χ3v) is 4.87. The van der Waals surface area contributed by atoms with Gasteiger partial charge in [0.1, 0.15) is 5.60 Å². The van der Waals surface area contributed by atoms with Crippen molar-refractivity contribution in [1.29, 1.82) is 0 Å². The topological polar surface area (TPSA) is 84.9 Å². The molecule has 1 aliphatic carbocycles. The zero-order valence-electron chi connectivity index (χ0n) is 18.0. The second kappa shape index (κ2) is 9.29. The Kier molecular flexibility index (Phi) is 7.27. The van der Waals surface area contributed by atoms with E-state index in [1.807, 2.05) is 37.3 Å². The summed E-state index contributed by atoms with van der Waals surface area (Å²) in [5.41, 5.74) is -1.03. The SMILES string of the molecule is CCN(C(=O)C1(OC(C)=O)CCC(NC(=O)OC(C)(C)C)CC1)c1ccccc1. The summed E-state index contributed by atoms with van der Waals surface area (Å²) in [4.78, 5) is 38.9. The van der Waals surface area contributed by atoms with E-state index in [0.29, 0.717) is 32.2 Å². The minimum absolute atomic E-state index is 0.131. The van der Waals surface area contributed by atoms with Gasteiger partial charge in [0.2, 0.25) is 0 Å². The van der Waals surface area contributed by atoms with Crippen molar-refractivity contribution in [3.8, 4) is 0 Å². The molecular formula is C22H32N2O5. The molecule has 2 amide bonds. The number of likely N-dealkylation sites (N-methyl/N-ethyl adjacent to an activating group) is 1. The second-order valence-electron chi connectivity index (χ2n) is 8.39. The van der Waals surface area contributed by atoms with Crippen LogP contribution in [-0.2, 0) is 19.1 Å². The Labute approximate surface area is 172 Å². The first kappa shape index (κ1) is 22.7. The highest BCUT2D eigenvalue weighted by molar-refractivity contribution is 6.00. The molecule has 2 rings (SSSR count). The average Bonchev–Trinajstić information content (AvgIpc) is 2.63. The number of alkyl carbamates (subject to hydrolysis) is 1. The minimum Gasteiger partial charge on any atom is -0.449 e. The van der Waals surface area contributed by atoms with Gasteiger partial charge in [-0.2, -0.15) is 0 Å². The number of para-hydroxylation sites is 1. The smallest absolute Gasteiger partial charge is 0.407 e. The molecule has 0 aromatic heterocycles. The van der Waals surface area contributed by atoms with Crippen LogP contribution in [0.25, 0.3) is 0 Å².